The lowest BCUT2D eigenvalue weighted by Crippen LogP contribution is -2.51. The molecule has 1 fully saturated rings. The Balaban J connectivity index is 1.71. The molecule has 2 aromatic carbocycles. The third kappa shape index (κ3) is 6.25. The number of hydrogen-bond donors (Lipinski definition) is 0. The smallest absolute Gasteiger partial charge is 0.309 e. The molecule has 0 bridgehead atoms. The fraction of sp³-hybridized carbons (Fsp3) is 0.417. The molecule has 1 atom stereocenters. The highest BCUT2D eigenvalue weighted by Gasteiger charge is 2.35. The molecule has 0 aromatic heterocycles. The molecule has 3 rings (SSSR count). The number of para-hydroxylation sites is 1. The van der Waals surface area contributed by atoms with E-state index in [1.807, 2.05) is 30.3 Å². The second-order valence-corrected chi connectivity index (χ2v) is 9.85. The fourth-order valence-electron chi connectivity index (χ4n) is 3.95. The zero-order chi connectivity index (χ0) is 24.0. The van der Waals surface area contributed by atoms with E-state index in [4.69, 9.17) is 9.47 Å². The minimum absolute atomic E-state index is 0.229. The summed E-state index contributed by atoms with van der Waals surface area (Å²) in [6.07, 6.45) is 2.08. The Bertz CT molecular complexity index is 1050. The number of esters is 1. The van der Waals surface area contributed by atoms with Crippen molar-refractivity contribution in [1.29, 1.82) is 0 Å². The molecular weight excluding hydrogens is 444 g/mol. The molecule has 0 unspecified atom stereocenters. The number of hydrogen-bond acceptors (Lipinski definition) is 6. The van der Waals surface area contributed by atoms with Crippen LogP contribution in [0.15, 0.2) is 54.6 Å². The first-order chi connectivity index (χ1) is 15.7. The van der Waals surface area contributed by atoms with Gasteiger partial charge < -0.3 is 14.4 Å². The van der Waals surface area contributed by atoms with Crippen molar-refractivity contribution >= 4 is 27.6 Å². The van der Waals surface area contributed by atoms with Crippen molar-refractivity contribution in [1.82, 2.24) is 4.90 Å². The van der Waals surface area contributed by atoms with Crippen molar-refractivity contribution in [2.75, 3.05) is 30.3 Å². The lowest BCUT2D eigenvalue weighted by atomic mass is 9.96. The Kier molecular flexibility index (Phi) is 7.97. The summed E-state index contributed by atoms with van der Waals surface area (Å²) in [6.45, 7) is 4.43. The first-order valence-corrected chi connectivity index (χ1v) is 12.8. The van der Waals surface area contributed by atoms with E-state index in [1.165, 1.54) is 0 Å². The van der Waals surface area contributed by atoms with Gasteiger partial charge in [0.05, 0.1) is 24.5 Å². The van der Waals surface area contributed by atoms with Gasteiger partial charge in [0.15, 0.2) is 0 Å². The molecule has 33 heavy (non-hydrogen) atoms. The molecule has 2 aromatic rings. The average molecular weight is 475 g/mol. The monoisotopic (exact) mass is 474 g/mol. The van der Waals surface area contributed by atoms with E-state index in [0.717, 1.165) is 10.6 Å². The zero-order valence-electron chi connectivity index (χ0n) is 19.1. The van der Waals surface area contributed by atoms with Gasteiger partial charge >= 0.3 is 5.97 Å². The molecule has 178 valence electrons. The van der Waals surface area contributed by atoms with Gasteiger partial charge in [-0.25, -0.2) is 8.42 Å². The van der Waals surface area contributed by atoms with E-state index in [1.54, 1.807) is 43.0 Å². The number of carbonyl (C=O) groups is 2. The van der Waals surface area contributed by atoms with Crippen molar-refractivity contribution in [3.63, 3.8) is 0 Å². The summed E-state index contributed by atoms with van der Waals surface area (Å²) in [5.74, 6) is 0.450. The Morgan fingerprint density at radius 1 is 1.03 bits per heavy atom. The van der Waals surface area contributed by atoms with E-state index >= 15 is 0 Å². The Labute approximate surface area is 195 Å². The summed E-state index contributed by atoms with van der Waals surface area (Å²) >= 11 is 0. The highest BCUT2D eigenvalue weighted by atomic mass is 32.2. The van der Waals surface area contributed by atoms with E-state index in [2.05, 4.69) is 0 Å². The average Bonchev–Trinajstić information content (AvgIpc) is 2.80. The van der Waals surface area contributed by atoms with E-state index in [-0.39, 0.29) is 17.8 Å². The molecule has 9 heteroatoms. The van der Waals surface area contributed by atoms with Crippen LogP contribution in [-0.2, 0) is 24.3 Å². The van der Waals surface area contributed by atoms with Crippen LogP contribution in [0, 0.1) is 5.92 Å². The summed E-state index contributed by atoms with van der Waals surface area (Å²) in [5.41, 5.74) is 0.375. The number of benzene rings is 2. The van der Waals surface area contributed by atoms with Crippen LogP contribution in [0.3, 0.4) is 0 Å². The Morgan fingerprint density at radius 2 is 1.61 bits per heavy atom. The van der Waals surface area contributed by atoms with Gasteiger partial charge in [-0.3, -0.25) is 13.9 Å². The predicted octanol–water partition coefficient (Wildman–Crippen LogP) is 3.44. The number of nitrogens with zero attached hydrogens (tertiary/aromatic N) is 2. The van der Waals surface area contributed by atoms with Gasteiger partial charge in [-0.05, 0) is 63.1 Å². The van der Waals surface area contributed by atoms with Gasteiger partial charge in [-0.15, -0.1) is 0 Å². The first-order valence-electron chi connectivity index (χ1n) is 11.0. The normalized spacial score (nSPS) is 15.5. The molecule has 1 heterocycles. The summed E-state index contributed by atoms with van der Waals surface area (Å²) in [6, 6.07) is 14.9. The zero-order valence-corrected chi connectivity index (χ0v) is 20.0. The van der Waals surface area contributed by atoms with Gasteiger partial charge in [0, 0.05) is 13.1 Å². The topological polar surface area (TPSA) is 93.2 Å². The molecule has 1 amide bonds. The second kappa shape index (κ2) is 10.7. The number of sulfonamides is 1. The highest BCUT2D eigenvalue weighted by molar-refractivity contribution is 7.92. The number of carbonyl (C=O) groups excluding carboxylic acids is 2. The van der Waals surface area contributed by atoms with Crippen molar-refractivity contribution in [3.8, 4) is 11.5 Å². The quantitative estimate of drug-likeness (QED) is 0.544. The van der Waals surface area contributed by atoms with Crippen LogP contribution in [0.2, 0.25) is 0 Å². The number of anilines is 1. The number of likely N-dealkylation sites (tertiary alicyclic amines) is 1. The van der Waals surface area contributed by atoms with Gasteiger partial charge in [0.25, 0.3) is 0 Å². The Morgan fingerprint density at radius 3 is 2.15 bits per heavy atom. The lowest BCUT2D eigenvalue weighted by molar-refractivity contribution is -0.151. The molecule has 1 saturated heterocycles. The standard InChI is InChI=1S/C24H30N2O6S/c1-4-31-24(28)19-14-16-25(17-15-19)23(27)18(2)26(33(3,29)30)20-10-12-22(13-11-20)32-21-8-6-5-7-9-21/h5-13,18-19H,4,14-17H2,1-3H3/t18-/m0/s1. The van der Waals surface area contributed by atoms with Crippen molar-refractivity contribution in [3.05, 3.63) is 54.6 Å². The summed E-state index contributed by atoms with van der Waals surface area (Å²) in [5, 5.41) is 0. The van der Waals surface area contributed by atoms with Crippen LogP contribution in [0.1, 0.15) is 26.7 Å². The molecule has 1 aliphatic rings. The number of ether oxygens (including phenoxy) is 2. The number of amides is 1. The van der Waals surface area contributed by atoms with Crippen molar-refractivity contribution in [2.24, 2.45) is 5.92 Å². The van der Waals surface area contributed by atoms with E-state index in [9.17, 15) is 18.0 Å². The van der Waals surface area contributed by atoms with E-state index in [0.29, 0.717) is 49.7 Å². The molecular formula is C24H30N2O6S. The third-order valence-electron chi connectivity index (χ3n) is 5.56. The van der Waals surface area contributed by atoms with Gasteiger partial charge in [-0.1, -0.05) is 18.2 Å². The largest absolute Gasteiger partial charge is 0.466 e. The molecule has 0 aliphatic carbocycles. The van der Waals surface area contributed by atoms with Crippen molar-refractivity contribution in [2.45, 2.75) is 32.7 Å². The van der Waals surface area contributed by atoms with Crippen molar-refractivity contribution < 1.29 is 27.5 Å². The highest BCUT2D eigenvalue weighted by Crippen LogP contribution is 2.28. The van der Waals surface area contributed by atoms with Crippen LogP contribution in [-0.4, -0.2) is 57.2 Å². The molecule has 0 N–H and O–H groups in total. The molecule has 0 radical (unpaired) electrons. The second-order valence-electron chi connectivity index (χ2n) is 8.00. The van der Waals surface area contributed by atoms with Crippen LogP contribution >= 0.6 is 0 Å². The lowest BCUT2D eigenvalue weighted by Gasteiger charge is -2.36. The SMILES string of the molecule is CCOC(=O)C1CCN(C(=O)[C@H](C)N(c2ccc(Oc3ccccc3)cc2)S(C)(=O)=O)CC1. The summed E-state index contributed by atoms with van der Waals surface area (Å²) in [4.78, 5) is 26.7. The first kappa shape index (κ1) is 24.6. The van der Waals surface area contributed by atoms with Gasteiger partial charge in [0.1, 0.15) is 17.5 Å². The summed E-state index contributed by atoms with van der Waals surface area (Å²) < 4.78 is 37.2. The Hall–Kier alpha value is -3.07. The minimum Gasteiger partial charge on any atom is -0.466 e. The maximum absolute atomic E-state index is 13.1. The summed E-state index contributed by atoms with van der Waals surface area (Å²) in [7, 11) is -3.73. The fourth-order valence-corrected chi connectivity index (χ4v) is 5.12. The van der Waals surface area contributed by atoms with Crippen LogP contribution in [0.4, 0.5) is 5.69 Å². The van der Waals surface area contributed by atoms with Crippen LogP contribution in [0.25, 0.3) is 0 Å². The molecule has 1 aliphatic heterocycles. The molecule has 8 nitrogen and oxygen atoms in total. The predicted molar refractivity (Wildman–Crippen MR) is 126 cm³/mol. The van der Waals surface area contributed by atoms with E-state index < -0.39 is 16.1 Å². The molecule has 0 saturated carbocycles. The van der Waals surface area contributed by atoms with Crippen LogP contribution in [0.5, 0.6) is 11.5 Å². The maximum Gasteiger partial charge on any atom is 0.309 e. The van der Waals surface area contributed by atoms with Gasteiger partial charge in [-0.2, -0.15) is 0 Å². The third-order valence-corrected chi connectivity index (χ3v) is 6.80. The van der Waals surface area contributed by atoms with Crippen LogP contribution < -0.4 is 9.04 Å². The number of rotatable bonds is 8. The maximum atomic E-state index is 13.1. The molecule has 0 spiro atoms. The minimum atomic E-state index is -3.73. The van der Waals surface area contributed by atoms with Gasteiger partial charge in [0.2, 0.25) is 15.9 Å². The number of piperidine rings is 1.